The van der Waals surface area contributed by atoms with Crippen LogP contribution in [-0.4, -0.2) is 22.7 Å². The maximum atomic E-state index is 11.5. The number of carbonyl (C=O) groups excluding carboxylic acids is 2. The Bertz CT molecular complexity index is 401. The predicted octanol–water partition coefficient (Wildman–Crippen LogP) is 1.80. The number of Topliss-reactive ketones (excluding diaryl/α,β-unsaturated/α-hetero) is 1. The number of thiazole rings is 1. The summed E-state index contributed by atoms with van der Waals surface area (Å²) in [5, 5.41) is 4.78. The van der Waals surface area contributed by atoms with Crippen molar-refractivity contribution in [3.8, 4) is 0 Å². The Kier molecular flexibility index (Phi) is 5.24. The normalized spacial score (nSPS) is 12.2. The minimum Gasteiger partial charge on any atom is -0.328 e. The summed E-state index contributed by atoms with van der Waals surface area (Å²) in [5.74, 6) is -0.186. The number of aromatic nitrogens is 1. The summed E-state index contributed by atoms with van der Waals surface area (Å²) in [6.07, 6.45) is 2.01. The highest BCUT2D eigenvalue weighted by atomic mass is 32.1. The lowest BCUT2D eigenvalue weighted by atomic mass is 10.1. The Morgan fingerprint density at radius 3 is 2.82 bits per heavy atom. The summed E-state index contributed by atoms with van der Waals surface area (Å²) < 4.78 is 0. The van der Waals surface area contributed by atoms with Crippen molar-refractivity contribution in [2.45, 2.75) is 39.2 Å². The van der Waals surface area contributed by atoms with E-state index >= 15 is 0 Å². The van der Waals surface area contributed by atoms with Gasteiger partial charge in [0.25, 0.3) is 0 Å². The SMILES string of the molecule is CC(=O)c1csc(NC(=O)CCCC(C)N)n1. The molecule has 17 heavy (non-hydrogen) atoms. The van der Waals surface area contributed by atoms with Crippen LogP contribution in [0.2, 0.25) is 0 Å². The minimum atomic E-state index is -0.0984. The van der Waals surface area contributed by atoms with E-state index in [9.17, 15) is 9.59 Å². The van der Waals surface area contributed by atoms with E-state index in [1.165, 1.54) is 18.3 Å². The van der Waals surface area contributed by atoms with Gasteiger partial charge in [0.1, 0.15) is 5.69 Å². The lowest BCUT2D eigenvalue weighted by Crippen LogP contribution is -2.16. The summed E-state index contributed by atoms with van der Waals surface area (Å²) in [6.45, 7) is 3.36. The maximum Gasteiger partial charge on any atom is 0.226 e. The van der Waals surface area contributed by atoms with Gasteiger partial charge in [-0.2, -0.15) is 0 Å². The molecule has 1 amide bonds. The standard InChI is InChI=1S/C11H17N3O2S/c1-7(12)4-3-5-10(16)14-11-13-9(6-17-11)8(2)15/h6-7H,3-5,12H2,1-2H3,(H,13,14,16). The monoisotopic (exact) mass is 255 g/mol. The van der Waals surface area contributed by atoms with Crippen molar-refractivity contribution in [2.24, 2.45) is 5.73 Å². The van der Waals surface area contributed by atoms with Gasteiger partial charge >= 0.3 is 0 Å². The van der Waals surface area contributed by atoms with E-state index in [0.717, 1.165) is 12.8 Å². The second-order valence-corrected chi connectivity index (χ2v) is 4.87. The molecule has 0 saturated carbocycles. The molecule has 0 radical (unpaired) electrons. The van der Waals surface area contributed by atoms with E-state index in [1.807, 2.05) is 6.92 Å². The van der Waals surface area contributed by atoms with Crippen LogP contribution >= 0.6 is 11.3 Å². The van der Waals surface area contributed by atoms with Gasteiger partial charge in [0.2, 0.25) is 5.91 Å². The van der Waals surface area contributed by atoms with Crippen LogP contribution in [0.3, 0.4) is 0 Å². The third-order valence-electron chi connectivity index (χ3n) is 2.17. The number of nitrogens with one attached hydrogen (secondary N) is 1. The highest BCUT2D eigenvalue weighted by Crippen LogP contribution is 2.16. The van der Waals surface area contributed by atoms with Gasteiger partial charge < -0.3 is 11.1 Å². The molecule has 0 fully saturated rings. The van der Waals surface area contributed by atoms with Gasteiger partial charge in [-0.25, -0.2) is 4.98 Å². The van der Waals surface area contributed by atoms with Crippen LogP contribution in [0.1, 0.15) is 43.6 Å². The summed E-state index contributed by atoms with van der Waals surface area (Å²) in [4.78, 5) is 26.5. The number of anilines is 1. The first kappa shape index (κ1) is 13.8. The minimum absolute atomic E-state index is 0.0879. The molecule has 1 heterocycles. The molecule has 94 valence electrons. The molecule has 0 saturated heterocycles. The number of nitrogens with two attached hydrogens (primary N) is 1. The van der Waals surface area contributed by atoms with Gasteiger partial charge in [0.05, 0.1) is 0 Å². The van der Waals surface area contributed by atoms with Crippen LogP contribution in [0.15, 0.2) is 5.38 Å². The molecule has 1 rings (SSSR count). The molecule has 1 aromatic rings. The first-order chi connectivity index (χ1) is 7.99. The van der Waals surface area contributed by atoms with Crippen molar-refractivity contribution in [3.05, 3.63) is 11.1 Å². The van der Waals surface area contributed by atoms with Crippen molar-refractivity contribution in [3.63, 3.8) is 0 Å². The zero-order valence-corrected chi connectivity index (χ0v) is 10.8. The molecule has 1 atom stereocenters. The van der Waals surface area contributed by atoms with Crippen LogP contribution in [0, 0.1) is 0 Å². The highest BCUT2D eigenvalue weighted by Gasteiger charge is 2.09. The molecular formula is C11H17N3O2S. The molecule has 0 bridgehead atoms. The first-order valence-electron chi connectivity index (χ1n) is 5.51. The van der Waals surface area contributed by atoms with E-state index in [4.69, 9.17) is 5.73 Å². The number of ketones is 1. The molecule has 3 N–H and O–H groups in total. The van der Waals surface area contributed by atoms with E-state index in [-0.39, 0.29) is 17.7 Å². The number of nitrogens with zero attached hydrogens (tertiary/aromatic N) is 1. The van der Waals surface area contributed by atoms with Crippen LogP contribution in [0.5, 0.6) is 0 Å². The average molecular weight is 255 g/mol. The molecule has 0 aliphatic rings. The lowest BCUT2D eigenvalue weighted by molar-refractivity contribution is -0.116. The Hall–Kier alpha value is -1.27. The van der Waals surface area contributed by atoms with Crippen molar-refractivity contribution >= 4 is 28.2 Å². The zero-order valence-electron chi connectivity index (χ0n) is 10.0. The smallest absolute Gasteiger partial charge is 0.226 e. The van der Waals surface area contributed by atoms with E-state index in [0.29, 0.717) is 17.2 Å². The fourth-order valence-corrected chi connectivity index (χ4v) is 2.02. The number of rotatable bonds is 6. The topological polar surface area (TPSA) is 85.1 Å². The second kappa shape index (κ2) is 6.46. The van der Waals surface area contributed by atoms with Gasteiger partial charge in [-0.15, -0.1) is 11.3 Å². The predicted molar refractivity (Wildman–Crippen MR) is 68.2 cm³/mol. The third-order valence-corrected chi connectivity index (χ3v) is 2.93. The summed E-state index contributed by atoms with van der Waals surface area (Å²) >= 11 is 1.26. The summed E-state index contributed by atoms with van der Waals surface area (Å²) in [6, 6.07) is 0.118. The number of hydrogen-bond donors (Lipinski definition) is 2. The van der Waals surface area contributed by atoms with Gasteiger partial charge in [-0.05, 0) is 19.8 Å². The third kappa shape index (κ3) is 5.06. The quantitative estimate of drug-likeness (QED) is 0.759. The zero-order chi connectivity index (χ0) is 12.8. The molecule has 0 aromatic carbocycles. The van der Waals surface area contributed by atoms with E-state index in [2.05, 4.69) is 10.3 Å². The molecule has 0 spiro atoms. The molecule has 1 aromatic heterocycles. The second-order valence-electron chi connectivity index (χ2n) is 4.01. The Labute approximate surface area is 104 Å². The lowest BCUT2D eigenvalue weighted by Gasteiger charge is -2.04. The highest BCUT2D eigenvalue weighted by molar-refractivity contribution is 7.14. The van der Waals surface area contributed by atoms with Crippen molar-refractivity contribution in [1.29, 1.82) is 0 Å². The molecule has 0 aliphatic heterocycles. The fourth-order valence-electron chi connectivity index (χ4n) is 1.26. The van der Waals surface area contributed by atoms with Gasteiger partial charge in [-0.3, -0.25) is 9.59 Å². The van der Waals surface area contributed by atoms with Gasteiger partial charge in [0.15, 0.2) is 10.9 Å². The Balaban J connectivity index is 2.37. The van der Waals surface area contributed by atoms with Crippen molar-refractivity contribution in [2.75, 3.05) is 5.32 Å². The van der Waals surface area contributed by atoms with Crippen molar-refractivity contribution < 1.29 is 9.59 Å². The number of hydrogen-bond acceptors (Lipinski definition) is 5. The van der Waals surface area contributed by atoms with E-state index in [1.54, 1.807) is 5.38 Å². The Morgan fingerprint density at radius 2 is 2.29 bits per heavy atom. The fraction of sp³-hybridized carbons (Fsp3) is 0.545. The van der Waals surface area contributed by atoms with Crippen LogP contribution in [0.25, 0.3) is 0 Å². The van der Waals surface area contributed by atoms with Crippen LogP contribution in [-0.2, 0) is 4.79 Å². The molecule has 6 heteroatoms. The number of carbonyl (C=O) groups is 2. The average Bonchev–Trinajstić information content (AvgIpc) is 2.65. The summed E-state index contributed by atoms with van der Waals surface area (Å²) in [7, 11) is 0. The first-order valence-corrected chi connectivity index (χ1v) is 6.39. The summed E-state index contributed by atoms with van der Waals surface area (Å²) in [5.41, 5.74) is 5.98. The maximum absolute atomic E-state index is 11.5. The molecule has 5 nitrogen and oxygen atoms in total. The van der Waals surface area contributed by atoms with Gasteiger partial charge in [0, 0.05) is 24.8 Å². The van der Waals surface area contributed by atoms with Gasteiger partial charge in [-0.1, -0.05) is 0 Å². The van der Waals surface area contributed by atoms with Crippen LogP contribution in [0.4, 0.5) is 5.13 Å². The van der Waals surface area contributed by atoms with E-state index < -0.39 is 0 Å². The Morgan fingerprint density at radius 1 is 1.59 bits per heavy atom. The van der Waals surface area contributed by atoms with Crippen LogP contribution < -0.4 is 11.1 Å². The molecular weight excluding hydrogens is 238 g/mol. The molecule has 1 unspecified atom stereocenters. The number of amides is 1. The molecule has 0 aliphatic carbocycles. The largest absolute Gasteiger partial charge is 0.328 e. The van der Waals surface area contributed by atoms with Crippen molar-refractivity contribution in [1.82, 2.24) is 4.98 Å².